The number of hydrogen-bond acceptors (Lipinski definition) is 3. The Bertz CT molecular complexity index is 442. The van der Waals surface area contributed by atoms with E-state index in [1.807, 2.05) is 13.8 Å². The predicted molar refractivity (Wildman–Crippen MR) is 63.1 cm³/mol. The van der Waals surface area contributed by atoms with E-state index in [2.05, 4.69) is 4.72 Å². The van der Waals surface area contributed by atoms with E-state index < -0.39 is 10.0 Å². The van der Waals surface area contributed by atoms with Gasteiger partial charge in [-0.25, -0.2) is 13.1 Å². The number of benzene rings is 1. The molecule has 0 aliphatic carbocycles. The molecule has 1 rings (SSSR count). The van der Waals surface area contributed by atoms with Crippen molar-refractivity contribution in [2.24, 2.45) is 0 Å². The third kappa shape index (κ3) is 2.96. The van der Waals surface area contributed by atoms with Crippen LogP contribution < -0.4 is 9.46 Å². The van der Waals surface area contributed by atoms with E-state index in [4.69, 9.17) is 4.74 Å². The van der Waals surface area contributed by atoms with Crippen molar-refractivity contribution in [1.29, 1.82) is 0 Å². The summed E-state index contributed by atoms with van der Waals surface area (Å²) in [4.78, 5) is 0.179. The van der Waals surface area contributed by atoms with Crippen molar-refractivity contribution < 1.29 is 13.2 Å². The average Bonchev–Trinajstić information content (AvgIpc) is 2.28. The molecule has 90 valence electrons. The number of para-hydroxylation sites is 1. The van der Waals surface area contributed by atoms with Crippen LogP contribution in [0.5, 0.6) is 5.75 Å². The van der Waals surface area contributed by atoms with E-state index in [1.165, 1.54) is 13.2 Å². The number of rotatable bonds is 5. The van der Waals surface area contributed by atoms with Crippen LogP contribution in [0.25, 0.3) is 0 Å². The fourth-order valence-electron chi connectivity index (χ4n) is 1.25. The van der Waals surface area contributed by atoms with Crippen molar-refractivity contribution >= 4 is 10.0 Å². The van der Waals surface area contributed by atoms with E-state index in [-0.39, 0.29) is 10.9 Å². The van der Waals surface area contributed by atoms with Gasteiger partial charge in [-0.05, 0) is 25.5 Å². The molecular formula is C11H17NO3S. The Kier molecular flexibility index (Phi) is 4.32. The van der Waals surface area contributed by atoms with Crippen molar-refractivity contribution in [2.75, 3.05) is 7.11 Å². The van der Waals surface area contributed by atoms with Gasteiger partial charge in [0, 0.05) is 6.04 Å². The summed E-state index contributed by atoms with van der Waals surface area (Å²) in [7, 11) is -2.03. The third-order valence-electron chi connectivity index (χ3n) is 2.33. The maximum atomic E-state index is 12.0. The number of methoxy groups -OCH3 is 1. The summed E-state index contributed by atoms with van der Waals surface area (Å²) < 4.78 is 31.6. The Morgan fingerprint density at radius 3 is 2.56 bits per heavy atom. The lowest BCUT2D eigenvalue weighted by atomic mass is 10.3. The summed E-state index contributed by atoms with van der Waals surface area (Å²) in [5, 5.41) is 0. The smallest absolute Gasteiger partial charge is 0.244 e. The minimum Gasteiger partial charge on any atom is -0.495 e. The van der Waals surface area contributed by atoms with Crippen LogP contribution in [0.1, 0.15) is 20.3 Å². The first-order valence-electron chi connectivity index (χ1n) is 5.16. The summed E-state index contributed by atoms with van der Waals surface area (Å²) in [5.41, 5.74) is 0. The molecule has 1 N–H and O–H groups in total. The molecule has 0 aliphatic heterocycles. The molecule has 0 amide bonds. The molecular weight excluding hydrogens is 226 g/mol. The highest BCUT2D eigenvalue weighted by molar-refractivity contribution is 7.89. The third-order valence-corrected chi connectivity index (χ3v) is 3.96. The topological polar surface area (TPSA) is 55.4 Å². The highest BCUT2D eigenvalue weighted by atomic mass is 32.2. The molecule has 0 aliphatic rings. The molecule has 0 heterocycles. The van der Waals surface area contributed by atoms with E-state index in [0.717, 1.165) is 6.42 Å². The number of nitrogens with one attached hydrogen (secondary N) is 1. The minimum atomic E-state index is -3.49. The molecule has 5 heteroatoms. The van der Waals surface area contributed by atoms with Crippen LogP contribution in [0, 0.1) is 0 Å². The molecule has 16 heavy (non-hydrogen) atoms. The number of sulfonamides is 1. The quantitative estimate of drug-likeness (QED) is 0.857. The van der Waals surface area contributed by atoms with Gasteiger partial charge in [0.05, 0.1) is 7.11 Å². The van der Waals surface area contributed by atoms with Crippen molar-refractivity contribution in [1.82, 2.24) is 4.72 Å². The van der Waals surface area contributed by atoms with E-state index in [9.17, 15) is 8.42 Å². The maximum Gasteiger partial charge on any atom is 0.244 e. The lowest BCUT2D eigenvalue weighted by molar-refractivity contribution is 0.402. The van der Waals surface area contributed by atoms with Crippen molar-refractivity contribution in [3.05, 3.63) is 24.3 Å². The van der Waals surface area contributed by atoms with Gasteiger partial charge in [-0.15, -0.1) is 0 Å². The van der Waals surface area contributed by atoms with Crippen LogP contribution in [-0.2, 0) is 10.0 Å². The molecule has 0 saturated carbocycles. The van der Waals surface area contributed by atoms with Crippen LogP contribution in [-0.4, -0.2) is 21.6 Å². The Morgan fingerprint density at radius 1 is 1.38 bits per heavy atom. The van der Waals surface area contributed by atoms with Gasteiger partial charge < -0.3 is 4.74 Å². The Labute approximate surface area is 96.7 Å². The first-order valence-corrected chi connectivity index (χ1v) is 6.65. The molecule has 0 aromatic heterocycles. The highest BCUT2D eigenvalue weighted by Crippen LogP contribution is 2.22. The average molecular weight is 243 g/mol. The first-order chi connectivity index (χ1) is 7.51. The van der Waals surface area contributed by atoms with Gasteiger partial charge in [0.2, 0.25) is 10.0 Å². The molecule has 0 spiro atoms. The normalized spacial score (nSPS) is 13.4. The molecule has 1 aromatic rings. The summed E-state index contributed by atoms with van der Waals surface area (Å²) in [6.45, 7) is 3.75. The molecule has 0 unspecified atom stereocenters. The summed E-state index contributed by atoms with van der Waals surface area (Å²) in [5.74, 6) is 0.360. The second-order valence-electron chi connectivity index (χ2n) is 3.58. The number of ether oxygens (including phenoxy) is 1. The van der Waals surface area contributed by atoms with E-state index in [0.29, 0.717) is 5.75 Å². The van der Waals surface area contributed by atoms with Crippen LogP contribution >= 0.6 is 0 Å². The Morgan fingerprint density at radius 2 is 2.00 bits per heavy atom. The lowest BCUT2D eigenvalue weighted by Gasteiger charge is -2.14. The first kappa shape index (κ1) is 13.0. The molecule has 0 saturated heterocycles. The van der Waals surface area contributed by atoms with Crippen LogP contribution in [0.15, 0.2) is 29.2 Å². The zero-order valence-corrected chi connectivity index (χ0v) is 10.5. The van der Waals surface area contributed by atoms with Gasteiger partial charge >= 0.3 is 0 Å². The molecule has 0 fully saturated rings. The van der Waals surface area contributed by atoms with Crippen LogP contribution in [0.3, 0.4) is 0 Å². The fraction of sp³-hybridized carbons (Fsp3) is 0.455. The summed E-state index contributed by atoms with van der Waals surface area (Å²) in [6.07, 6.45) is 0.744. The van der Waals surface area contributed by atoms with Gasteiger partial charge in [0.1, 0.15) is 10.6 Å². The molecule has 1 atom stereocenters. The molecule has 1 aromatic carbocycles. The van der Waals surface area contributed by atoms with Crippen LogP contribution in [0.4, 0.5) is 0 Å². The monoisotopic (exact) mass is 243 g/mol. The lowest BCUT2D eigenvalue weighted by Crippen LogP contribution is -2.32. The van der Waals surface area contributed by atoms with Crippen molar-refractivity contribution in [3.8, 4) is 5.75 Å². The maximum absolute atomic E-state index is 12.0. The van der Waals surface area contributed by atoms with Gasteiger partial charge in [0.25, 0.3) is 0 Å². The van der Waals surface area contributed by atoms with Gasteiger partial charge in [-0.3, -0.25) is 0 Å². The SMILES string of the molecule is CC[C@H](C)NS(=O)(=O)c1ccccc1OC. The highest BCUT2D eigenvalue weighted by Gasteiger charge is 2.20. The Hall–Kier alpha value is -1.07. The predicted octanol–water partition coefficient (Wildman–Crippen LogP) is 1.77. The van der Waals surface area contributed by atoms with E-state index >= 15 is 0 Å². The van der Waals surface area contributed by atoms with Crippen molar-refractivity contribution in [3.63, 3.8) is 0 Å². The largest absolute Gasteiger partial charge is 0.495 e. The zero-order valence-electron chi connectivity index (χ0n) is 9.73. The summed E-state index contributed by atoms with van der Waals surface area (Å²) >= 11 is 0. The standard InChI is InChI=1S/C11H17NO3S/c1-4-9(2)12-16(13,14)11-8-6-5-7-10(11)15-3/h5-9,12H,4H2,1-3H3/t9-/m0/s1. The van der Waals surface area contributed by atoms with Crippen molar-refractivity contribution in [2.45, 2.75) is 31.2 Å². The Balaban J connectivity index is 3.07. The van der Waals surface area contributed by atoms with Gasteiger partial charge in [-0.2, -0.15) is 0 Å². The van der Waals surface area contributed by atoms with Crippen LogP contribution in [0.2, 0.25) is 0 Å². The van der Waals surface area contributed by atoms with Gasteiger partial charge in [0.15, 0.2) is 0 Å². The zero-order chi connectivity index (χ0) is 12.2. The minimum absolute atomic E-state index is 0.0880. The fourth-order valence-corrected chi connectivity index (χ4v) is 2.75. The summed E-state index contributed by atoms with van der Waals surface area (Å²) in [6, 6.07) is 6.48. The molecule has 4 nitrogen and oxygen atoms in total. The molecule has 0 radical (unpaired) electrons. The second kappa shape index (κ2) is 5.32. The second-order valence-corrected chi connectivity index (χ2v) is 5.26. The van der Waals surface area contributed by atoms with Gasteiger partial charge in [-0.1, -0.05) is 19.1 Å². The number of hydrogen-bond donors (Lipinski definition) is 1. The van der Waals surface area contributed by atoms with E-state index in [1.54, 1.807) is 18.2 Å². The molecule has 0 bridgehead atoms.